The Bertz CT molecular complexity index is 483. The molecule has 0 bridgehead atoms. The van der Waals surface area contributed by atoms with Crippen molar-refractivity contribution in [3.8, 4) is 0 Å². The van der Waals surface area contributed by atoms with E-state index in [1.54, 1.807) is 4.90 Å². The van der Waals surface area contributed by atoms with Crippen LogP contribution in [0.2, 0.25) is 0 Å². The summed E-state index contributed by atoms with van der Waals surface area (Å²) in [7, 11) is 0. The topological polar surface area (TPSA) is 66.8 Å². The van der Waals surface area contributed by atoms with Gasteiger partial charge in [-0.25, -0.2) is 9.59 Å². The molecule has 0 aromatic rings. The molecule has 0 aromatic carbocycles. The molecule has 1 spiro atoms. The largest absolute Gasteiger partial charge is 0.478 e. The number of hydrogen-bond donors (Lipinski definition) is 1. The van der Waals surface area contributed by atoms with Crippen LogP contribution >= 0.6 is 0 Å². The van der Waals surface area contributed by atoms with E-state index in [9.17, 15) is 14.7 Å². The summed E-state index contributed by atoms with van der Waals surface area (Å²) in [6.45, 7) is 8.92. The molecular formula is C17H27NO4. The molecule has 1 amide bonds. The van der Waals surface area contributed by atoms with E-state index in [0.717, 1.165) is 31.3 Å². The molecular weight excluding hydrogens is 282 g/mol. The fraction of sp³-hybridized carbons (Fsp3) is 0.765. The van der Waals surface area contributed by atoms with Gasteiger partial charge in [0.25, 0.3) is 0 Å². The van der Waals surface area contributed by atoms with Crippen LogP contribution < -0.4 is 0 Å². The van der Waals surface area contributed by atoms with E-state index in [2.05, 4.69) is 0 Å². The zero-order chi connectivity index (χ0) is 16.5. The Hall–Kier alpha value is -1.52. The average molecular weight is 309 g/mol. The second kappa shape index (κ2) is 5.94. The molecule has 0 radical (unpaired) electrons. The summed E-state index contributed by atoms with van der Waals surface area (Å²) in [5, 5.41) is 9.19. The second-order valence-electron chi connectivity index (χ2n) is 7.56. The fourth-order valence-electron chi connectivity index (χ4n) is 3.46. The lowest BCUT2D eigenvalue weighted by Gasteiger charge is -2.49. The van der Waals surface area contributed by atoms with Crippen LogP contribution in [-0.2, 0) is 9.53 Å². The van der Waals surface area contributed by atoms with Crippen molar-refractivity contribution in [2.24, 2.45) is 5.41 Å². The first kappa shape index (κ1) is 16.8. The van der Waals surface area contributed by atoms with Gasteiger partial charge >= 0.3 is 12.1 Å². The van der Waals surface area contributed by atoms with Crippen LogP contribution in [0.15, 0.2) is 11.1 Å². The number of rotatable bonds is 2. The van der Waals surface area contributed by atoms with Gasteiger partial charge in [0, 0.05) is 18.7 Å². The van der Waals surface area contributed by atoms with Crippen molar-refractivity contribution in [3.05, 3.63) is 11.1 Å². The van der Waals surface area contributed by atoms with Gasteiger partial charge in [-0.15, -0.1) is 0 Å². The molecule has 5 heteroatoms. The number of allylic oxidation sites excluding steroid dienone is 1. The van der Waals surface area contributed by atoms with Crippen molar-refractivity contribution in [2.75, 3.05) is 13.1 Å². The number of carboxylic acids is 1. The Kier molecular flexibility index (Phi) is 4.54. The Morgan fingerprint density at radius 1 is 1.23 bits per heavy atom. The molecule has 2 rings (SSSR count). The minimum Gasteiger partial charge on any atom is -0.478 e. The number of hydrogen-bond acceptors (Lipinski definition) is 3. The Morgan fingerprint density at radius 3 is 2.18 bits per heavy atom. The lowest BCUT2D eigenvalue weighted by Crippen LogP contribution is -2.48. The zero-order valence-corrected chi connectivity index (χ0v) is 14.1. The van der Waals surface area contributed by atoms with Crippen LogP contribution in [-0.4, -0.2) is 40.8 Å². The van der Waals surface area contributed by atoms with Gasteiger partial charge in [-0.05, 0) is 58.3 Å². The maximum absolute atomic E-state index is 12.1. The normalized spacial score (nSPS) is 20.5. The number of amides is 1. The molecule has 1 heterocycles. The molecule has 0 unspecified atom stereocenters. The minimum atomic E-state index is -0.779. The SMILES string of the molecule is CCC(C(=O)O)=C1CC2(CCN(C(=O)OC(C)(C)C)CC2)C1. The van der Waals surface area contributed by atoms with Crippen LogP contribution in [0.4, 0.5) is 4.79 Å². The zero-order valence-electron chi connectivity index (χ0n) is 14.1. The van der Waals surface area contributed by atoms with Crippen LogP contribution in [0.25, 0.3) is 0 Å². The molecule has 1 N–H and O–H groups in total. The van der Waals surface area contributed by atoms with E-state index in [1.165, 1.54) is 0 Å². The average Bonchev–Trinajstić information content (AvgIpc) is 2.35. The van der Waals surface area contributed by atoms with Gasteiger partial charge in [0.2, 0.25) is 0 Å². The lowest BCUT2D eigenvalue weighted by molar-refractivity contribution is -0.133. The highest BCUT2D eigenvalue weighted by atomic mass is 16.6. The summed E-state index contributed by atoms with van der Waals surface area (Å²) in [6, 6.07) is 0. The van der Waals surface area contributed by atoms with Gasteiger partial charge < -0.3 is 14.7 Å². The van der Waals surface area contributed by atoms with Crippen molar-refractivity contribution < 1.29 is 19.4 Å². The van der Waals surface area contributed by atoms with Crippen molar-refractivity contribution in [2.45, 2.75) is 65.4 Å². The second-order valence-corrected chi connectivity index (χ2v) is 7.56. The number of likely N-dealkylation sites (tertiary alicyclic amines) is 1. The van der Waals surface area contributed by atoms with Gasteiger partial charge in [-0.2, -0.15) is 0 Å². The number of carboxylic acid groups (broad SMARTS) is 1. The van der Waals surface area contributed by atoms with E-state index in [-0.39, 0.29) is 11.5 Å². The highest BCUT2D eigenvalue weighted by Gasteiger charge is 2.45. The quantitative estimate of drug-likeness (QED) is 0.792. The third-order valence-electron chi connectivity index (χ3n) is 4.69. The van der Waals surface area contributed by atoms with Crippen LogP contribution in [0.5, 0.6) is 0 Å². The summed E-state index contributed by atoms with van der Waals surface area (Å²) in [5.41, 5.74) is 1.43. The van der Waals surface area contributed by atoms with E-state index in [0.29, 0.717) is 25.1 Å². The molecule has 2 aliphatic rings. The number of carbonyl (C=O) groups is 2. The van der Waals surface area contributed by atoms with Crippen molar-refractivity contribution in [1.82, 2.24) is 4.90 Å². The molecule has 124 valence electrons. The lowest BCUT2D eigenvalue weighted by atomic mass is 9.59. The van der Waals surface area contributed by atoms with Crippen molar-refractivity contribution in [3.63, 3.8) is 0 Å². The Morgan fingerprint density at radius 2 is 1.77 bits per heavy atom. The first-order valence-corrected chi connectivity index (χ1v) is 8.08. The third-order valence-corrected chi connectivity index (χ3v) is 4.69. The molecule has 2 fully saturated rings. The molecule has 1 aliphatic carbocycles. The Balaban J connectivity index is 1.89. The monoisotopic (exact) mass is 309 g/mol. The highest BCUT2D eigenvalue weighted by Crippen LogP contribution is 2.53. The first-order valence-electron chi connectivity index (χ1n) is 8.08. The third kappa shape index (κ3) is 3.62. The molecule has 5 nitrogen and oxygen atoms in total. The van der Waals surface area contributed by atoms with Gasteiger partial charge in [-0.1, -0.05) is 12.5 Å². The van der Waals surface area contributed by atoms with Gasteiger partial charge in [0.15, 0.2) is 0 Å². The van der Waals surface area contributed by atoms with Gasteiger partial charge in [0.1, 0.15) is 5.60 Å². The van der Waals surface area contributed by atoms with Crippen LogP contribution in [0.3, 0.4) is 0 Å². The molecule has 1 saturated heterocycles. The summed E-state index contributed by atoms with van der Waals surface area (Å²) >= 11 is 0. The fourth-order valence-corrected chi connectivity index (χ4v) is 3.46. The standard InChI is InChI=1S/C17H27NO4/c1-5-13(14(19)20)12-10-17(11-12)6-8-18(9-7-17)15(21)22-16(2,3)4/h5-11H2,1-4H3,(H,19,20). The van der Waals surface area contributed by atoms with Crippen molar-refractivity contribution in [1.29, 1.82) is 0 Å². The number of ether oxygens (including phenoxy) is 1. The maximum Gasteiger partial charge on any atom is 0.410 e. The Labute approximate surface area is 132 Å². The molecule has 1 aliphatic heterocycles. The summed E-state index contributed by atoms with van der Waals surface area (Å²) in [6.07, 6.45) is 3.98. The molecule has 0 atom stereocenters. The highest BCUT2D eigenvalue weighted by molar-refractivity contribution is 5.87. The summed E-state index contributed by atoms with van der Waals surface area (Å²) in [4.78, 5) is 25.0. The maximum atomic E-state index is 12.1. The predicted octanol–water partition coefficient (Wildman–Crippen LogP) is 3.59. The molecule has 1 saturated carbocycles. The number of piperidine rings is 1. The van der Waals surface area contributed by atoms with E-state index in [1.807, 2.05) is 27.7 Å². The predicted molar refractivity (Wildman–Crippen MR) is 83.7 cm³/mol. The molecule has 0 aromatic heterocycles. The number of carbonyl (C=O) groups excluding carboxylic acids is 1. The van der Waals surface area contributed by atoms with Gasteiger partial charge in [0.05, 0.1) is 0 Å². The number of nitrogens with zero attached hydrogens (tertiary/aromatic N) is 1. The van der Waals surface area contributed by atoms with E-state index in [4.69, 9.17) is 4.74 Å². The smallest absolute Gasteiger partial charge is 0.410 e. The van der Waals surface area contributed by atoms with E-state index >= 15 is 0 Å². The summed E-state index contributed by atoms with van der Waals surface area (Å²) < 4.78 is 5.41. The first-order chi connectivity index (χ1) is 10.2. The van der Waals surface area contributed by atoms with Crippen LogP contribution in [0, 0.1) is 5.41 Å². The van der Waals surface area contributed by atoms with E-state index < -0.39 is 11.6 Å². The number of aliphatic carboxylic acids is 1. The minimum absolute atomic E-state index is 0.212. The molecule has 22 heavy (non-hydrogen) atoms. The van der Waals surface area contributed by atoms with Gasteiger partial charge in [-0.3, -0.25) is 0 Å². The summed E-state index contributed by atoms with van der Waals surface area (Å²) in [5.74, 6) is -0.779. The van der Waals surface area contributed by atoms with Crippen molar-refractivity contribution >= 4 is 12.1 Å². The van der Waals surface area contributed by atoms with Crippen LogP contribution in [0.1, 0.15) is 59.8 Å².